The lowest BCUT2D eigenvalue weighted by molar-refractivity contribution is -0.137. The Labute approximate surface area is 154 Å². The second kappa shape index (κ2) is 7.91. The van der Waals surface area contributed by atoms with E-state index in [-0.39, 0.29) is 35.0 Å². The number of rotatable bonds is 6. The highest BCUT2D eigenvalue weighted by Crippen LogP contribution is 2.47. The maximum atomic E-state index is 12.9. The van der Waals surface area contributed by atoms with Gasteiger partial charge in [-0.05, 0) is 43.3 Å². The summed E-state index contributed by atoms with van der Waals surface area (Å²) in [5.74, 6) is 0.280. The molecule has 4 nitrogen and oxygen atoms in total. The molecular formula is C17H18ClF3NO3P. The molecule has 1 atom stereocenters. The van der Waals surface area contributed by atoms with Crippen LogP contribution in [0.1, 0.15) is 19.4 Å². The number of nitrogens with two attached hydrogens (primary N) is 1. The normalized spacial score (nSPS) is 14.1. The largest absolute Gasteiger partial charge is 0.456 e. The molecule has 0 spiro atoms. The van der Waals surface area contributed by atoms with Crippen LogP contribution in [0.3, 0.4) is 0 Å². The second-order valence-electron chi connectivity index (χ2n) is 5.37. The zero-order valence-corrected chi connectivity index (χ0v) is 15.8. The summed E-state index contributed by atoms with van der Waals surface area (Å²) in [6.45, 7) is 3.69. The van der Waals surface area contributed by atoms with Crippen LogP contribution in [0.5, 0.6) is 11.5 Å². The van der Waals surface area contributed by atoms with Crippen molar-refractivity contribution in [2.75, 3.05) is 18.5 Å². The van der Waals surface area contributed by atoms with Gasteiger partial charge in [-0.1, -0.05) is 18.5 Å². The zero-order valence-electron chi connectivity index (χ0n) is 14.1. The maximum absolute atomic E-state index is 12.9. The van der Waals surface area contributed by atoms with Gasteiger partial charge in [-0.2, -0.15) is 13.2 Å². The van der Waals surface area contributed by atoms with Gasteiger partial charge in [0.05, 0.1) is 22.5 Å². The number of anilines is 1. The molecule has 0 aliphatic rings. The minimum atomic E-state index is -4.50. The van der Waals surface area contributed by atoms with Crippen molar-refractivity contribution in [1.82, 2.24) is 0 Å². The van der Waals surface area contributed by atoms with Crippen molar-refractivity contribution in [1.29, 1.82) is 0 Å². The first-order chi connectivity index (χ1) is 12.1. The van der Waals surface area contributed by atoms with E-state index in [0.717, 1.165) is 18.2 Å². The molecule has 142 valence electrons. The molecule has 0 bridgehead atoms. The summed E-state index contributed by atoms with van der Waals surface area (Å²) in [5.41, 5.74) is 5.32. The van der Waals surface area contributed by atoms with Gasteiger partial charge in [0, 0.05) is 11.8 Å². The summed E-state index contributed by atoms with van der Waals surface area (Å²) >= 11 is 5.89. The molecule has 2 N–H and O–H groups in total. The van der Waals surface area contributed by atoms with E-state index in [1.54, 1.807) is 13.8 Å². The van der Waals surface area contributed by atoms with Gasteiger partial charge in [-0.15, -0.1) is 0 Å². The molecule has 0 fully saturated rings. The van der Waals surface area contributed by atoms with Crippen LogP contribution < -0.4 is 15.8 Å². The minimum Gasteiger partial charge on any atom is -0.456 e. The van der Waals surface area contributed by atoms with Crippen LogP contribution in [-0.2, 0) is 15.3 Å². The van der Waals surface area contributed by atoms with E-state index in [2.05, 4.69) is 0 Å². The SMILES string of the molecule is CCOP(=O)(CC)c1cc(Oc2ccc(C(F)(F)F)cc2Cl)ccc1N. The third-order valence-electron chi connectivity index (χ3n) is 3.61. The number of alkyl halides is 3. The van der Waals surface area contributed by atoms with Crippen LogP contribution in [0.4, 0.5) is 18.9 Å². The molecule has 0 radical (unpaired) electrons. The summed E-state index contributed by atoms with van der Waals surface area (Å²) in [4.78, 5) is 0. The van der Waals surface area contributed by atoms with Crippen molar-refractivity contribution >= 4 is 30.0 Å². The maximum Gasteiger partial charge on any atom is 0.416 e. The molecule has 0 heterocycles. The van der Waals surface area contributed by atoms with Gasteiger partial charge in [0.15, 0.2) is 0 Å². The van der Waals surface area contributed by atoms with E-state index in [4.69, 9.17) is 26.6 Å². The third-order valence-corrected chi connectivity index (χ3v) is 6.53. The fraction of sp³-hybridized carbons (Fsp3) is 0.294. The first-order valence-corrected chi connectivity index (χ1v) is 9.97. The van der Waals surface area contributed by atoms with Crippen molar-refractivity contribution in [3.63, 3.8) is 0 Å². The molecule has 26 heavy (non-hydrogen) atoms. The summed E-state index contributed by atoms with van der Waals surface area (Å²) in [6.07, 6.45) is -4.25. The lowest BCUT2D eigenvalue weighted by Crippen LogP contribution is -2.14. The molecule has 0 aliphatic heterocycles. The quantitative estimate of drug-likeness (QED) is 0.493. The lowest BCUT2D eigenvalue weighted by Gasteiger charge is -2.19. The summed E-state index contributed by atoms with van der Waals surface area (Å²) in [6, 6.07) is 7.26. The van der Waals surface area contributed by atoms with Gasteiger partial charge in [0.1, 0.15) is 11.5 Å². The van der Waals surface area contributed by atoms with Crippen LogP contribution in [0.25, 0.3) is 0 Å². The predicted molar refractivity (Wildman–Crippen MR) is 96.8 cm³/mol. The predicted octanol–water partition coefficient (Wildman–Crippen LogP) is 5.69. The Morgan fingerprint density at radius 3 is 2.38 bits per heavy atom. The van der Waals surface area contributed by atoms with Crippen LogP contribution >= 0.6 is 19.0 Å². The van der Waals surface area contributed by atoms with Gasteiger partial charge in [0.25, 0.3) is 0 Å². The molecule has 0 saturated heterocycles. The standard InChI is InChI=1S/C17H18ClF3NO3P/c1-3-24-26(23,4-2)16-10-12(6-7-14(16)22)25-15-8-5-11(9-13(15)18)17(19,20)21/h5-10H,3-4,22H2,1-2H3. The van der Waals surface area contributed by atoms with Gasteiger partial charge >= 0.3 is 6.18 Å². The van der Waals surface area contributed by atoms with Gasteiger partial charge in [-0.3, -0.25) is 4.57 Å². The van der Waals surface area contributed by atoms with E-state index in [0.29, 0.717) is 5.30 Å². The van der Waals surface area contributed by atoms with Crippen molar-refractivity contribution in [3.8, 4) is 11.5 Å². The molecule has 1 unspecified atom stereocenters. The van der Waals surface area contributed by atoms with Crippen molar-refractivity contribution in [2.45, 2.75) is 20.0 Å². The summed E-state index contributed by atoms with van der Waals surface area (Å²) < 4.78 is 62.0. The van der Waals surface area contributed by atoms with Gasteiger partial charge < -0.3 is 15.0 Å². The Hall–Kier alpha value is -1.69. The number of ether oxygens (including phenoxy) is 1. The Bertz CT molecular complexity index is 842. The molecule has 0 saturated carbocycles. The summed E-state index contributed by atoms with van der Waals surface area (Å²) in [7, 11) is -3.15. The third kappa shape index (κ3) is 4.53. The fourth-order valence-electron chi connectivity index (χ4n) is 2.31. The van der Waals surface area contributed by atoms with Crippen LogP contribution in [0, 0.1) is 0 Å². The Kier molecular flexibility index (Phi) is 6.27. The smallest absolute Gasteiger partial charge is 0.416 e. The van der Waals surface area contributed by atoms with E-state index < -0.39 is 19.1 Å². The Morgan fingerprint density at radius 2 is 1.85 bits per heavy atom. The van der Waals surface area contributed by atoms with E-state index >= 15 is 0 Å². The number of hydrogen-bond acceptors (Lipinski definition) is 4. The average molecular weight is 408 g/mol. The van der Waals surface area contributed by atoms with E-state index in [1.807, 2.05) is 0 Å². The zero-order chi connectivity index (χ0) is 19.5. The molecule has 2 aromatic carbocycles. The van der Waals surface area contributed by atoms with Crippen molar-refractivity contribution in [2.24, 2.45) is 0 Å². The van der Waals surface area contributed by atoms with Gasteiger partial charge in [0.2, 0.25) is 7.37 Å². The molecule has 9 heteroatoms. The lowest BCUT2D eigenvalue weighted by atomic mass is 10.2. The minimum absolute atomic E-state index is 0.0399. The molecule has 2 rings (SSSR count). The monoisotopic (exact) mass is 407 g/mol. The summed E-state index contributed by atoms with van der Waals surface area (Å²) in [5, 5.41) is 0.115. The Balaban J connectivity index is 2.37. The molecular weight excluding hydrogens is 390 g/mol. The van der Waals surface area contributed by atoms with E-state index in [1.165, 1.54) is 18.2 Å². The highest BCUT2D eigenvalue weighted by Gasteiger charge is 2.31. The Morgan fingerprint density at radius 1 is 1.15 bits per heavy atom. The van der Waals surface area contributed by atoms with E-state index in [9.17, 15) is 17.7 Å². The van der Waals surface area contributed by atoms with Crippen LogP contribution in [0.2, 0.25) is 5.02 Å². The van der Waals surface area contributed by atoms with Gasteiger partial charge in [-0.25, -0.2) is 0 Å². The number of hydrogen-bond donors (Lipinski definition) is 1. The first kappa shape index (κ1) is 20.6. The molecule has 0 aliphatic carbocycles. The van der Waals surface area contributed by atoms with Crippen LogP contribution in [-0.4, -0.2) is 12.8 Å². The number of halogens is 4. The molecule has 0 amide bonds. The number of benzene rings is 2. The number of nitrogen functional groups attached to an aromatic ring is 1. The molecule has 0 aromatic heterocycles. The fourth-order valence-corrected chi connectivity index (χ4v) is 4.40. The first-order valence-electron chi connectivity index (χ1n) is 7.79. The van der Waals surface area contributed by atoms with Crippen molar-refractivity contribution in [3.05, 3.63) is 47.0 Å². The molecule has 2 aromatic rings. The highest BCUT2D eigenvalue weighted by atomic mass is 35.5. The second-order valence-corrected chi connectivity index (χ2v) is 8.50. The highest BCUT2D eigenvalue weighted by molar-refractivity contribution is 7.67. The van der Waals surface area contributed by atoms with Crippen LogP contribution in [0.15, 0.2) is 36.4 Å². The average Bonchev–Trinajstić information content (AvgIpc) is 2.57. The topological polar surface area (TPSA) is 61.5 Å². The van der Waals surface area contributed by atoms with Crippen molar-refractivity contribution < 1.29 is 27.0 Å².